The molecule has 0 bridgehead atoms. The first-order valence-electron chi connectivity index (χ1n) is 11.2. The van der Waals surface area contributed by atoms with E-state index < -0.39 is 5.97 Å². The van der Waals surface area contributed by atoms with Gasteiger partial charge in [0.15, 0.2) is 0 Å². The standard InChI is InChI=1S/C26H30FNO3/c1-18-22(8-4-9-25(18)31-21-12-15-28(17-21)14-5-13-27)24-7-3-2-6-19-16-20(26(29)30)10-11-23(19)24/h4,7-11,16,21H,2-3,5-6,12-15,17H2,1H3,(H,29,30)/t21-/m1/s1. The van der Waals surface area contributed by atoms with Crippen LogP contribution in [-0.4, -0.2) is 48.4 Å². The van der Waals surface area contributed by atoms with E-state index in [4.69, 9.17) is 4.74 Å². The first-order chi connectivity index (χ1) is 15.1. The highest BCUT2D eigenvalue weighted by molar-refractivity contribution is 5.90. The van der Waals surface area contributed by atoms with Crippen molar-refractivity contribution in [3.63, 3.8) is 0 Å². The van der Waals surface area contributed by atoms with Gasteiger partial charge in [0, 0.05) is 19.6 Å². The van der Waals surface area contributed by atoms with Crippen molar-refractivity contribution in [3.8, 4) is 5.75 Å². The molecule has 0 aromatic heterocycles. The number of halogens is 1. The van der Waals surface area contributed by atoms with Gasteiger partial charge in [-0.25, -0.2) is 4.79 Å². The van der Waals surface area contributed by atoms with E-state index in [-0.39, 0.29) is 12.8 Å². The maximum Gasteiger partial charge on any atom is 0.335 e. The normalized spacial score (nSPS) is 18.9. The van der Waals surface area contributed by atoms with Gasteiger partial charge in [0.1, 0.15) is 11.9 Å². The average Bonchev–Trinajstić information content (AvgIpc) is 3.10. The summed E-state index contributed by atoms with van der Waals surface area (Å²) < 4.78 is 18.8. The van der Waals surface area contributed by atoms with E-state index in [1.807, 2.05) is 24.3 Å². The number of carboxylic acid groups (broad SMARTS) is 1. The molecule has 0 amide bonds. The minimum atomic E-state index is -0.888. The van der Waals surface area contributed by atoms with Crippen molar-refractivity contribution >= 4 is 11.5 Å². The van der Waals surface area contributed by atoms with Gasteiger partial charge in [0.2, 0.25) is 0 Å². The number of carboxylic acids is 1. The molecule has 2 aliphatic rings. The molecule has 4 nitrogen and oxygen atoms in total. The molecule has 1 saturated heterocycles. The van der Waals surface area contributed by atoms with Crippen LogP contribution in [0, 0.1) is 6.92 Å². The second-order valence-corrected chi connectivity index (χ2v) is 8.49. The van der Waals surface area contributed by atoms with E-state index in [1.54, 1.807) is 6.07 Å². The minimum Gasteiger partial charge on any atom is -0.489 e. The lowest BCUT2D eigenvalue weighted by molar-refractivity contribution is 0.0696. The van der Waals surface area contributed by atoms with Crippen LogP contribution in [0.2, 0.25) is 0 Å². The maximum atomic E-state index is 12.5. The smallest absolute Gasteiger partial charge is 0.335 e. The summed E-state index contributed by atoms with van der Waals surface area (Å²) in [5.41, 5.74) is 5.94. The summed E-state index contributed by atoms with van der Waals surface area (Å²) >= 11 is 0. The van der Waals surface area contributed by atoms with E-state index >= 15 is 0 Å². The fourth-order valence-corrected chi connectivity index (χ4v) is 4.69. The quantitative estimate of drug-likeness (QED) is 0.659. The first kappa shape index (κ1) is 21.6. The van der Waals surface area contributed by atoms with Crippen molar-refractivity contribution in [2.45, 2.75) is 45.1 Å². The summed E-state index contributed by atoms with van der Waals surface area (Å²) in [6.07, 6.45) is 6.78. The van der Waals surface area contributed by atoms with Crippen molar-refractivity contribution in [3.05, 3.63) is 70.3 Å². The largest absolute Gasteiger partial charge is 0.489 e. The molecule has 5 heteroatoms. The van der Waals surface area contributed by atoms with E-state index in [0.29, 0.717) is 12.0 Å². The summed E-state index contributed by atoms with van der Waals surface area (Å²) in [5.74, 6) is 0.00460. The lowest BCUT2D eigenvalue weighted by Gasteiger charge is -2.20. The SMILES string of the molecule is Cc1c(O[C@@H]2CCN(CCCF)C2)cccc1C1=CCCCc2cc(C(=O)O)ccc21. The van der Waals surface area contributed by atoms with Crippen molar-refractivity contribution in [2.75, 3.05) is 26.3 Å². The molecule has 0 radical (unpaired) electrons. The van der Waals surface area contributed by atoms with E-state index in [9.17, 15) is 14.3 Å². The van der Waals surface area contributed by atoms with Gasteiger partial charge < -0.3 is 9.84 Å². The van der Waals surface area contributed by atoms with Crippen LogP contribution in [0.4, 0.5) is 4.39 Å². The van der Waals surface area contributed by atoms with Gasteiger partial charge in [0.05, 0.1) is 12.2 Å². The van der Waals surface area contributed by atoms with Gasteiger partial charge in [-0.15, -0.1) is 0 Å². The number of alkyl halides is 1. The third kappa shape index (κ3) is 4.82. The fraction of sp³-hybridized carbons (Fsp3) is 0.423. The van der Waals surface area contributed by atoms with Crippen LogP contribution in [-0.2, 0) is 6.42 Å². The minimum absolute atomic E-state index is 0.127. The number of aryl methyl sites for hydroxylation is 1. The summed E-state index contributed by atoms with van der Waals surface area (Å²) in [6, 6.07) is 11.6. The molecule has 164 valence electrons. The summed E-state index contributed by atoms with van der Waals surface area (Å²) in [7, 11) is 0. The topological polar surface area (TPSA) is 49.8 Å². The Morgan fingerprint density at radius 1 is 1.26 bits per heavy atom. The third-order valence-corrected chi connectivity index (χ3v) is 6.35. The highest BCUT2D eigenvalue weighted by atomic mass is 19.1. The number of nitrogens with zero attached hydrogens (tertiary/aromatic N) is 1. The molecule has 4 rings (SSSR count). The molecule has 0 saturated carbocycles. The predicted molar refractivity (Wildman–Crippen MR) is 121 cm³/mol. The van der Waals surface area contributed by atoms with Crippen molar-refractivity contribution in [1.82, 2.24) is 4.90 Å². The highest BCUT2D eigenvalue weighted by Crippen LogP contribution is 2.36. The number of benzene rings is 2. The molecule has 1 aliphatic carbocycles. The number of aromatic carboxylic acids is 1. The van der Waals surface area contributed by atoms with Gasteiger partial charge >= 0.3 is 5.97 Å². The highest BCUT2D eigenvalue weighted by Gasteiger charge is 2.25. The molecule has 31 heavy (non-hydrogen) atoms. The lowest BCUT2D eigenvalue weighted by atomic mass is 9.90. The van der Waals surface area contributed by atoms with Gasteiger partial charge in [0.25, 0.3) is 0 Å². The van der Waals surface area contributed by atoms with Crippen LogP contribution < -0.4 is 4.74 Å². The van der Waals surface area contributed by atoms with Crippen molar-refractivity contribution in [2.24, 2.45) is 0 Å². The lowest BCUT2D eigenvalue weighted by Crippen LogP contribution is -2.26. The maximum absolute atomic E-state index is 12.5. The van der Waals surface area contributed by atoms with Crippen LogP contribution >= 0.6 is 0 Å². The zero-order valence-electron chi connectivity index (χ0n) is 18.1. The zero-order valence-corrected chi connectivity index (χ0v) is 18.1. The van der Waals surface area contributed by atoms with Crippen LogP contribution in [0.1, 0.15) is 58.3 Å². The van der Waals surface area contributed by atoms with Crippen molar-refractivity contribution < 1.29 is 19.0 Å². The summed E-state index contributed by atoms with van der Waals surface area (Å²) in [6.45, 7) is 4.41. The molecule has 1 heterocycles. The Bertz CT molecular complexity index is 985. The molecule has 0 spiro atoms. The Morgan fingerprint density at radius 3 is 2.94 bits per heavy atom. The third-order valence-electron chi connectivity index (χ3n) is 6.35. The number of fused-ring (bicyclic) bond motifs is 1. The molecule has 1 fully saturated rings. The number of ether oxygens (including phenoxy) is 1. The first-order valence-corrected chi connectivity index (χ1v) is 11.2. The fourth-order valence-electron chi connectivity index (χ4n) is 4.69. The molecule has 2 aromatic rings. The number of allylic oxidation sites excluding steroid dienone is 1. The molecule has 1 atom stereocenters. The number of likely N-dealkylation sites (tertiary alicyclic amines) is 1. The molecule has 1 aliphatic heterocycles. The Kier molecular flexibility index (Phi) is 6.71. The number of carbonyl (C=O) groups is 1. The van der Waals surface area contributed by atoms with Gasteiger partial charge in [-0.3, -0.25) is 9.29 Å². The average molecular weight is 424 g/mol. The summed E-state index contributed by atoms with van der Waals surface area (Å²) in [4.78, 5) is 13.7. The predicted octanol–water partition coefficient (Wildman–Crippen LogP) is 5.27. The molecule has 1 N–H and O–H groups in total. The molecular weight excluding hydrogens is 393 g/mol. The van der Waals surface area contributed by atoms with Crippen LogP contribution in [0.25, 0.3) is 5.57 Å². The summed E-state index contributed by atoms with van der Waals surface area (Å²) in [5, 5.41) is 9.37. The zero-order chi connectivity index (χ0) is 21.8. The van der Waals surface area contributed by atoms with Gasteiger partial charge in [-0.2, -0.15) is 0 Å². The van der Waals surface area contributed by atoms with E-state index in [1.165, 1.54) is 0 Å². The number of hydrogen-bond donors (Lipinski definition) is 1. The number of rotatable bonds is 7. The molecular formula is C26H30FNO3. The van der Waals surface area contributed by atoms with E-state index in [0.717, 1.165) is 78.9 Å². The second kappa shape index (κ2) is 9.65. The van der Waals surface area contributed by atoms with Crippen LogP contribution in [0.15, 0.2) is 42.5 Å². The molecule has 2 aromatic carbocycles. The monoisotopic (exact) mass is 423 g/mol. The number of hydrogen-bond acceptors (Lipinski definition) is 3. The van der Waals surface area contributed by atoms with Gasteiger partial charge in [-0.05, 0) is 85.1 Å². The Balaban J connectivity index is 1.59. The Labute approximate surface area is 183 Å². The van der Waals surface area contributed by atoms with Crippen LogP contribution in [0.5, 0.6) is 5.75 Å². The van der Waals surface area contributed by atoms with Gasteiger partial charge in [-0.1, -0.05) is 24.3 Å². The Morgan fingerprint density at radius 2 is 2.13 bits per heavy atom. The Hall–Kier alpha value is -2.66. The van der Waals surface area contributed by atoms with E-state index in [2.05, 4.69) is 24.0 Å². The van der Waals surface area contributed by atoms with Crippen molar-refractivity contribution in [1.29, 1.82) is 0 Å². The van der Waals surface area contributed by atoms with Crippen LogP contribution in [0.3, 0.4) is 0 Å². The second-order valence-electron chi connectivity index (χ2n) is 8.49. The molecule has 0 unspecified atom stereocenters.